The number of sulfone groups is 1. The smallest absolute Gasteiger partial charge is 0.256 e. The Balaban J connectivity index is 1.61. The molecular formula is C20H23N5O3S. The Morgan fingerprint density at radius 3 is 2.59 bits per heavy atom. The van der Waals surface area contributed by atoms with Gasteiger partial charge < -0.3 is 0 Å². The van der Waals surface area contributed by atoms with Crippen LogP contribution in [0.1, 0.15) is 28.2 Å². The minimum atomic E-state index is -3.55. The number of nitrogens with one attached hydrogen (secondary N) is 1. The van der Waals surface area contributed by atoms with E-state index in [2.05, 4.69) is 20.0 Å². The van der Waals surface area contributed by atoms with Crippen LogP contribution in [-0.2, 0) is 29.3 Å². The molecule has 8 nitrogen and oxygen atoms in total. The summed E-state index contributed by atoms with van der Waals surface area (Å²) in [5, 5.41) is 4.43. The van der Waals surface area contributed by atoms with Crippen LogP contribution in [0.4, 0.5) is 0 Å². The largest absolute Gasteiger partial charge is 0.297 e. The number of aryl methyl sites for hydroxylation is 1. The number of hydrogen-bond acceptors (Lipinski definition) is 6. The van der Waals surface area contributed by atoms with Gasteiger partial charge in [0, 0.05) is 43.6 Å². The molecule has 0 saturated carbocycles. The SMILES string of the molecule is Cc1nn(-c2ccccc2)c(C)c1CN1CCc2nc(S(C)(=O)=O)[nH]c(=O)c2C1. The van der Waals surface area contributed by atoms with Gasteiger partial charge >= 0.3 is 0 Å². The second kappa shape index (κ2) is 7.23. The Labute approximate surface area is 169 Å². The van der Waals surface area contributed by atoms with Gasteiger partial charge in [-0.25, -0.2) is 18.1 Å². The summed E-state index contributed by atoms with van der Waals surface area (Å²) in [4.78, 5) is 21.2. The van der Waals surface area contributed by atoms with Gasteiger partial charge in [-0.05, 0) is 26.0 Å². The molecule has 0 fully saturated rings. The van der Waals surface area contributed by atoms with Crippen molar-refractivity contribution < 1.29 is 8.42 Å². The Kier molecular flexibility index (Phi) is 4.87. The quantitative estimate of drug-likeness (QED) is 0.651. The zero-order valence-corrected chi connectivity index (χ0v) is 17.5. The van der Waals surface area contributed by atoms with Gasteiger partial charge in [-0.2, -0.15) is 5.10 Å². The summed E-state index contributed by atoms with van der Waals surface area (Å²) in [6.07, 6.45) is 1.58. The van der Waals surface area contributed by atoms with Crippen LogP contribution in [0.2, 0.25) is 0 Å². The summed E-state index contributed by atoms with van der Waals surface area (Å²) in [7, 11) is -3.55. The molecule has 1 aliphatic rings. The average Bonchev–Trinajstić information content (AvgIpc) is 2.96. The van der Waals surface area contributed by atoms with Crippen molar-refractivity contribution in [1.29, 1.82) is 0 Å². The third-order valence-corrected chi connectivity index (χ3v) is 6.20. The van der Waals surface area contributed by atoms with E-state index in [1.54, 1.807) is 0 Å². The zero-order valence-electron chi connectivity index (χ0n) is 16.6. The molecular weight excluding hydrogens is 390 g/mol. The molecule has 2 aromatic heterocycles. The predicted molar refractivity (Wildman–Crippen MR) is 109 cm³/mol. The number of fused-ring (bicyclic) bond motifs is 1. The molecule has 0 atom stereocenters. The summed E-state index contributed by atoms with van der Waals surface area (Å²) in [5.41, 5.74) is 4.89. The Bertz CT molecular complexity index is 1230. The topological polar surface area (TPSA) is 101 Å². The van der Waals surface area contributed by atoms with Crippen LogP contribution < -0.4 is 5.56 Å². The lowest BCUT2D eigenvalue weighted by atomic mass is 10.1. The first kappa shape index (κ1) is 19.5. The number of para-hydroxylation sites is 1. The molecule has 152 valence electrons. The van der Waals surface area contributed by atoms with Crippen molar-refractivity contribution in [1.82, 2.24) is 24.6 Å². The highest BCUT2D eigenvalue weighted by molar-refractivity contribution is 7.90. The molecule has 0 spiro atoms. The van der Waals surface area contributed by atoms with E-state index in [-0.39, 0.29) is 10.7 Å². The van der Waals surface area contributed by atoms with Crippen molar-refractivity contribution in [2.75, 3.05) is 12.8 Å². The standard InChI is InChI=1S/C20H23N5O3S/c1-13-16(14(2)25(23-13)15-7-5-4-6-8-15)11-24-10-9-18-17(12-24)19(26)22-20(21-18)29(3,27)28/h4-8H,9-12H2,1-3H3,(H,21,22,26). The number of aromatic nitrogens is 4. The molecule has 0 aliphatic carbocycles. The van der Waals surface area contributed by atoms with Gasteiger partial charge in [0.2, 0.25) is 15.0 Å². The molecule has 3 aromatic rings. The molecule has 0 radical (unpaired) electrons. The van der Waals surface area contributed by atoms with E-state index >= 15 is 0 Å². The lowest BCUT2D eigenvalue weighted by Crippen LogP contribution is -2.36. The average molecular weight is 414 g/mol. The van der Waals surface area contributed by atoms with Gasteiger partial charge in [0.05, 0.1) is 22.6 Å². The van der Waals surface area contributed by atoms with E-state index in [0.717, 1.165) is 28.9 Å². The van der Waals surface area contributed by atoms with Crippen molar-refractivity contribution in [3.8, 4) is 5.69 Å². The third-order valence-electron chi connectivity index (χ3n) is 5.30. The number of hydrogen-bond donors (Lipinski definition) is 1. The molecule has 1 N–H and O–H groups in total. The molecule has 0 unspecified atom stereocenters. The summed E-state index contributed by atoms with van der Waals surface area (Å²) in [6, 6.07) is 9.98. The predicted octanol–water partition coefficient (Wildman–Crippen LogP) is 1.53. The van der Waals surface area contributed by atoms with E-state index in [4.69, 9.17) is 0 Å². The number of benzene rings is 1. The van der Waals surface area contributed by atoms with E-state index in [9.17, 15) is 13.2 Å². The van der Waals surface area contributed by atoms with Crippen LogP contribution in [0.3, 0.4) is 0 Å². The molecule has 29 heavy (non-hydrogen) atoms. The van der Waals surface area contributed by atoms with Gasteiger partial charge in [0.25, 0.3) is 5.56 Å². The van der Waals surface area contributed by atoms with Crippen LogP contribution in [0.5, 0.6) is 0 Å². The number of nitrogens with zero attached hydrogens (tertiary/aromatic N) is 4. The van der Waals surface area contributed by atoms with E-state index in [1.807, 2.05) is 48.9 Å². The molecule has 1 aromatic carbocycles. The summed E-state index contributed by atoms with van der Waals surface area (Å²) in [5.74, 6) is 0. The maximum absolute atomic E-state index is 12.4. The molecule has 0 bridgehead atoms. The van der Waals surface area contributed by atoms with Crippen molar-refractivity contribution in [3.05, 3.63) is 68.9 Å². The summed E-state index contributed by atoms with van der Waals surface area (Å²) in [6.45, 7) is 5.83. The van der Waals surface area contributed by atoms with E-state index in [1.165, 1.54) is 0 Å². The van der Waals surface area contributed by atoms with Crippen molar-refractivity contribution in [3.63, 3.8) is 0 Å². The Morgan fingerprint density at radius 2 is 1.90 bits per heavy atom. The van der Waals surface area contributed by atoms with E-state index in [0.29, 0.717) is 37.3 Å². The minimum Gasteiger partial charge on any atom is -0.297 e. The fourth-order valence-corrected chi connectivity index (χ4v) is 4.27. The zero-order chi connectivity index (χ0) is 20.8. The summed E-state index contributed by atoms with van der Waals surface area (Å²) < 4.78 is 25.4. The molecule has 0 amide bonds. The van der Waals surface area contributed by atoms with Gasteiger partial charge in [-0.3, -0.25) is 14.7 Å². The highest BCUT2D eigenvalue weighted by atomic mass is 32.2. The Morgan fingerprint density at radius 1 is 1.17 bits per heavy atom. The first-order valence-corrected chi connectivity index (χ1v) is 11.3. The van der Waals surface area contributed by atoms with Gasteiger partial charge in [0.1, 0.15) is 0 Å². The highest BCUT2D eigenvalue weighted by Gasteiger charge is 2.25. The second-order valence-electron chi connectivity index (χ2n) is 7.43. The fraction of sp³-hybridized carbons (Fsp3) is 0.350. The van der Waals surface area contributed by atoms with Crippen molar-refractivity contribution in [2.45, 2.75) is 38.5 Å². The number of aromatic amines is 1. The molecule has 1 aliphatic heterocycles. The monoisotopic (exact) mass is 413 g/mol. The second-order valence-corrected chi connectivity index (χ2v) is 9.36. The molecule has 0 saturated heterocycles. The van der Waals surface area contributed by atoms with E-state index < -0.39 is 9.84 Å². The van der Waals surface area contributed by atoms with Gasteiger partial charge in [0.15, 0.2) is 0 Å². The molecule has 9 heteroatoms. The normalized spacial score (nSPS) is 14.7. The molecule has 4 rings (SSSR count). The van der Waals surface area contributed by atoms with Crippen molar-refractivity contribution in [2.24, 2.45) is 0 Å². The molecule has 3 heterocycles. The maximum atomic E-state index is 12.4. The lowest BCUT2D eigenvalue weighted by Gasteiger charge is -2.27. The third kappa shape index (κ3) is 3.75. The number of H-pyrrole nitrogens is 1. The summed E-state index contributed by atoms with van der Waals surface area (Å²) >= 11 is 0. The van der Waals surface area contributed by atoms with Crippen LogP contribution >= 0.6 is 0 Å². The number of rotatable bonds is 4. The van der Waals surface area contributed by atoms with Crippen LogP contribution in [-0.4, -0.2) is 45.9 Å². The fourth-order valence-electron chi connectivity index (χ4n) is 3.72. The van der Waals surface area contributed by atoms with Crippen LogP contribution in [0.25, 0.3) is 5.69 Å². The first-order chi connectivity index (χ1) is 13.7. The van der Waals surface area contributed by atoms with Crippen molar-refractivity contribution >= 4 is 9.84 Å². The van der Waals surface area contributed by atoms with Gasteiger partial charge in [-0.15, -0.1) is 0 Å². The lowest BCUT2D eigenvalue weighted by molar-refractivity contribution is 0.240. The minimum absolute atomic E-state index is 0.259. The van der Waals surface area contributed by atoms with Crippen LogP contribution in [0, 0.1) is 13.8 Å². The van der Waals surface area contributed by atoms with Crippen LogP contribution in [0.15, 0.2) is 40.3 Å². The van der Waals surface area contributed by atoms with Gasteiger partial charge in [-0.1, -0.05) is 18.2 Å². The first-order valence-electron chi connectivity index (χ1n) is 9.39. The maximum Gasteiger partial charge on any atom is 0.256 e. The highest BCUT2D eigenvalue weighted by Crippen LogP contribution is 2.22. The Hall–Kier alpha value is -2.78.